The van der Waals surface area contributed by atoms with Crippen molar-refractivity contribution in [3.05, 3.63) is 35.0 Å². The molecule has 0 saturated heterocycles. The molecule has 1 aromatic carbocycles. The summed E-state index contributed by atoms with van der Waals surface area (Å²) in [7, 11) is 1.75. The Morgan fingerprint density at radius 1 is 1.29 bits per heavy atom. The van der Waals surface area contributed by atoms with Crippen molar-refractivity contribution < 1.29 is 14.7 Å². The van der Waals surface area contributed by atoms with Crippen LogP contribution in [0.1, 0.15) is 33.2 Å². The minimum atomic E-state index is -0.968. The lowest BCUT2D eigenvalue weighted by molar-refractivity contribution is 0.0697. The number of ketones is 1. The van der Waals surface area contributed by atoms with Crippen LogP contribution in [0.5, 0.6) is 0 Å². The van der Waals surface area contributed by atoms with Gasteiger partial charge in [0.25, 0.3) is 0 Å². The molecule has 2 rings (SSSR count). The van der Waals surface area contributed by atoms with Gasteiger partial charge in [-0.25, -0.2) is 4.79 Å². The third-order valence-electron chi connectivity index (χ3n) is 2.95. The van der Waals surface area contributed by atoms with Crippen LogP contribution in [0.4, 0.5) is 0 Å². The van der Waals surface area contributed by atoms with E-state index in [1.165, 1.54) is 6.92 Å². The van der Waals surface area contributed by atoms with Gasteiger partial charge in [-0.15, -0.1) is 0 Å². The quantitative estimate of drug-likeness (QED) is 0.807. The molecule has 0 unspecified atom stereocenters. The molecule has 4 heteroatoms. The van der Waals surface area contributed by atoms with Gasteiger partial charge < -0.3 is 9.67 Å². The molecular formula is C13H13NO3. The number of aryl methyl sites for hydroxylation is 2. The SMILES string of the molecule is CC(=O)c1cn(C)c2c(C(=O)O)c(C)ccc12. The topological polar surface area (TPSA) is 59.3 Å². The van der Waals surface area contributed by atoms with Gasteiger partial charge in [0.15, 0.2) is 5.78 Å². The van der Waals surface area contributed by atoms with Crippen LogP contribution in [0, 0.1) is 6.92 Å². The molecule has 0 aliphatic carbocycles. The zero-order chi connectivity index (χ0) is 12.7. The summed E-state index contributed by atoms with van der Waals surface area (Å²) in [4.78, 5) is 22.7. The van der Waals surface area contributed by atoms with Crippen LogP contribution in [-0.2, 0) is 7.05 Å². The minimum Gasteiger partial charge on any atom is -0.478 e. The zero-order valence-electron chi connectivity index (χ0n) is 9.94. The first-order chi connectivity index (χ1) is 7.93. The molecule has 0 fully saturated rings. The molecule has 17 heavy (non-hydrogen) atoms. The van der Waals surface area contributed by atoms with E-state index < -0.39 is 5.97 Å². The molecule has 2 aromatic rings. The van der Waals surface area contributed by atoms with Crippen LogP contribution in [0.3, 0.4) is 0 Å². The van der Waals surface area contributed by atoms with Gasteiger partial charge in [-0.05, 0) is 19.4 Å². The number of carboxylic acids is 1. The highest BCUT2D eigenvalue weighted by atomic mass is 16.4. The first-order valence-electron chi connectivity index (χ1n) is 5.26. The number of fused-ring (bicyclic) bond motifs is 1. The number of aromatic carboxylic acids is 1. The third-order valence-corrected chi connectivity index (χ3v) is 2.95. The number of hydrogen-bond acceptors (Lipinski definition) is 2. The highest BCUT2D eigenvalue weighted by Gasteiger charge is 2.18. The maximum absolute atomic E-state index is 11.5. The van der Waals surface area contributed by atoms with Crippen LogP contribution in [0.15, 0.2) is 18.3 Å². The normalized spacial score (nSPS) is 10.8. The number of hydrogen-bond donors (Lipinski definition) is 1. The van der Waals surface area contributed by atoms with Crippen molar-refractivity contribution in [2.24, 2.45) is 7.05 Å². The molecule has 0 saturated carbocycles. The van der Waals surface area contributed by atoms with Crippen LogP contribution >= 0.6 is 0 Å². The van der Waals surface area contributed by atoms with Gasteiger partial charge in [0.2, 0.25) is 0 Å². The monoisotopic (exact) mass is 231 g/mol. The van der Waals surface area contributed by atoms with E-state index in [1.807, 2.05) is 0 Å². The van der Waals surface area contributed by atoms with Crippen LogP contribution in [0.2, 0.25) is 0 Å². The number of Topliss-reactive ketones (excluding diaryl/α,β-unsaturated/α-hetero) is 1. The van der Waals surface area contributed by atoms with E-state index in [0.717, 1.165) is 0 Å². The van der Waals surface area contributed by atoms with Gasteiger partial charge >= 0.3 is 5.97 Å². The van der Waals surface area contributed by atoms with Gasteiger partial charge in [0, 0.05) is 24.2 Å². The number of rotatable bonds is 2. The predicted molar refractivity (Wildman–Crippen MR) is 64.6 cm³/mol. The molecule has 1 N–H and O–H groups in total. The number of carboxylic acid groups (broad SMARTS) is 1. The lowest BCUT2D eigenvalue weighted by Gasteiger charge is -2.05. The third kappa shape index (κ3) is 1.62. The molecule has 0 atom stereocenters. The van der Waals surface area contributed by atoms with E-state index in [1.54, 1.807) is 36.9 Å². The van der Waals surface area contributed by atoms with E-state index in [4.69, 9.17) is 0 Å². The fourth-order valence-corrected chi connectivity index (χ4v) is 2.15. The summed E-state index contributed by atoms with van der Waals surface area (Å²) in [5.74, 6) is -1.03. The number of carbonyl (C=O) groups is 2. The van der Waals surface area contributed by atoms with Crippen LogP contribution in [-0.4, -0.2) is 21.4 Å². The van der Waals surface area contributed by atoms with Crippen molar-refractivity contribution in [1.82, 2.24) is 4.57 Å². The predicted octanol–water partition coefficient (Wildman–Crippen LogP) is 2.39. The lowest BCUT2D eigenvalue weighted by atomic mass is 10.0. The highest BCUT2D eigenvalue weighted by molar-refractivity contribution is 6.12. The van der Waals surface area contributed by atoms with E-state index in [-0.39, 0.29) is 11.3 Å². The zero-order valence-corrected chi connectivity index (χ0v) is 9.94. The summed E-state index contributed by atoms with van der Waals surface area (Å²) in [6.45, 7) is 3.23. The van der Waals surface area contributed by atoms with Gasteiger partial charge in [-0.1, -0.05) is 12.1 Å². The van der Waals surface area contributed by atoms with Crippen LogP contribution < -0.4 is 0 Å². The second-order valence-electron chi connectivity index (χ2n) is 4.17. The van der Waals surface area contributed by atoms with Gasteiger partial charge in [-0.3, -0.25) is 4.79 Å². The number of aromatic nitrogens is 1. The molecule has 0 aliphatic rings. The minimum absolute atomic E-state index is 0.0595. The summed E-state index contributed by atoms with van der Waals surface area (Å²) >= 11 is 0. The summed E-state index contributed by atoms with van der Waals surface area (Å²) in [6, 6.07) is 3.53. The average molecular weight is 231 g/mol. The second kappa shape index (κ2) is 3.73. The van der Waals surface area contributed by atoms with E-state index >= 15 is 0 Å². The Balaban J connectivity index is 2.96. The molecule has 0 aliphatic heterocycles. The molecular weight excluding hydrogens is 218 g/mol. The Bertz CT molecular complexity index is 638. The standard InChI is InChI=1S/C13H13NO3/c1-7-4-5-9-10(8(2)15)6-14(3)12(9)11(7)13(16)17/h4-6H,1-3H3,(H,16,17). The highest BCUT2D eigenvalue weighted by Crippen LogP contribution is 2.26. The summed E-state index contributed by atoms with van der Waals surface area (Å²) in [5, 5.41) is 9.93. The van der Waals surface area contributed by atoms with Gasteiger partial charge in [0.1, 0.15) is 0 Å². The van der Waals surface area contributed by atoms with E-state index in [2.05, 4.69) is 0 Å². The van der Waals surface area contributed by atoms with E-state index in [0.29, 0.717) is 22.0 Å². The van der Waals surface area contributed by atoms with Gasteiger partial charge in [0.05, 0.1) is 11.1 Å². The van der Waals surface area contributed by atoms with Crippen molar-refractivity contribution in [3.63, 3.8) is 0 Å². The number of nitrogens with zero attached hydrogens (tertiary/aromatic N) is 1. The molecule has 0 bridgehead atoms. The van der Waals surface area contributed by atoms with Gasteiger partial charge in [-0.2, -0.15) is 0 Å². The molecule has 4 nitrogen and oxygen atoms in total. The lowest BCUT2D eigenvalue weighted by Crippen LogP contribution is -2.03. The average Bonchev–Trinajstić information content (AvgIpc) is 2.56. The molecule has 88 valence electrons. The van der Waals surface area contributed by atoms with Crippen molar-refractivity contribution >= 4 is 22.7 Å². The Morgan fingerprint density at radius 2 is 1.94 bits per heavy atom. The molecule has 0 amide bonds. The summed E-state index contributed by atoms with van der Waals surface area (Å²) in [5.41, 5.74) is 2.12. The molecule has 0 radical (unpaired) electrons. The van der Waals surface area contributed by atoms with Crippen LogP contribution in [0.25, 0.3) is 10.9 Å². The Morgan fingerprint density at radius 3 is 2.47 bits per heavy atom. The number of carbonyl (C=O) groups excluding carboxylic acids is 1. The van der Waals surface area contributed by atoms with Crippen molar-refractivity contribution in [3.8, 4) is 0 Å². The fourth-order valence-electron chi connectivity index (χ4n) is 2.15. The molecule has 1 heterocycles. The maximum atomic E-state index is 11.5. The Kier molecular flexibility index (Phi) is 2.50. The first-order valence-corrected chi connectivity index (χ1v) is 5.26. The maximum Gasteiger partial charge on any atom is 0.338 e. The first kappa shape index (κ1) is 11.4. The second-order valence-corrected chi connectivity index (χ2v) is 4.17. The Labute approximate surface area is 98.5 Å². The smallest absolute Gasteiger partial charge is 0.338 e. The van der Waals surface area contributed by atoms with Crippen molar-refractivity contribution in [2.45, 2.75) is 13.8 Å². The molecule has 0 spiro atoms. The van der Waals surface area contributed by atoms with Crippen molar-refractivity contribution in [1.29, 1.82) is 0 Å². The molecule has 1 aromatic heterocycles. The van der Waals surface area contributed by atoms with Crippen molar-refractivity contribution in [2.75, 3.05) is 0 Å². The Hall–Kier alpha value is -2.10. The summed E-state index contributed by atoms with van der Waals surface area (Å²) < 4.78 is 1.70. The summed E-state index contributed by atoms with van der Waals surface area (Å²) in [6.07, 6.45) is 1.68. The van der Waals surface area contributed by atoms with E-state index in [9.17, 15) is 14.7 Å². The fraction of sp³-hybridized carbons (Fsp3) is 0.231. The number of benzene rings is 1. The largest absolute Gasteiger partial charge is 0.478 e.